The summed E-state index contributed by atoms with van der Waals surface area (Å²) in [6, 6.07) is 22.6. The maximum Gasteiger partial charge on any atom is 0.255 e. The Balaban J connectivity index is 1.52. The molecule has 2 N–H and O–H groups in total. The smallest absolute Gasteiger partial charge is 0.255 e. The second-order valence-electron chi connectivity index (χ2n) is 7.61. The predicted molar refractivity (Wildman–Crippen MR) is 134 cm³/mol. The first kappa shape index (κ1) is 25.6. The number of rotatable bonds is 10. The summed E-state index contributed by atoms with van der Waals surface area (Å²) in [6.45, 7) is 1.36. The van der Waals surface area contributed by atoms with Gasteiger partial charge in [-0.15, -0.1) is 0 Å². The number of nitrogens with one attached hydrogen (secondary N) is 2. The molecule has 0 fully saturated rings. The van der Waals surface area contributed by atoms with E-state index in [9.17, 15) is 18.0 Å². The van der Waals surface area contributed by atoms with Crippen LogP contribution in [0.3, 0.4) is 0 Å². The van der Waals surface area contributed by atoms with Crippen molar-refractivity contribution >= 4 is 33.7 Å². The standard InChI is InChI=1S/C25H26N4O5S/c1-19(30)27-22-11-13-24(14-12-22)35(32,33)29(2)17-25(31)28-26-16-21-9-6-10-23(15-21)34-18-20-7-4-3-5-8-20/h3-16H,17-18H2,1-2H3,(H,27,30)(H,28,31)/b26-16-. The summed E-state index contributed by atoms with van der Waals surface area (Å²) in [4.78, 5) is 23.3. The van der Waals surface area contributed by atoms with Gasteiger partial charge in [0.15, 0.2) is 0 Å². The molecule has 35 heavy (non-hydrogen) atoms. The molecule has 0 radical (unpaired) electrons. The largest absolute Gasteiger partial charge is 0.489 e. The molecular formula is C25H26N4O5S. The van der Waals surface area contributed by atoms with Crippen LogP contribution < -0.4 is 15.5 Å². The van der Waals surface area contributed by atoms with E-state index in [1.807, 2.05) is 36.4 Å². The number of sulfonamides is 1. The Morgan fingerprint density at radius 3 is 2.40 bits per heavy atom. The van der Waals surface area contributed by atoms with E-state index in [1.54, 1.807) is 18.2 Å². The predicted octanol–water partition coefficient (Wildman–Crippen LogP) is 2.99. The Morgan fingerprint density at radius 2 is 1.71 bits per heavy atom. The van der Waals surface area contributed by atoms with Crippen molar-refractivity contribution in [3.63, 3.8) is 0 Å². The maximum absolute atomic E-state index is 12.7. The Morgan fingerprint density at radius 1 is 1.00 bits per heavy atom. The summed E-state index contributed by atoms with van der Waals surface area (Å²) in [5, 5.41) is 6.47. The first-order chi connectivity index (χ1) is 16.7. The van der Waals surface area contributed by atoms with Crippen LogP contribution >= 0.6 is 0 Å². The first-order valence-electron chi connectivity index (χ1n) is 10.7. The first-order valence-corrected chi connectivity index (χ1v) is 12.1. The van der Waals surface area contributed by atoms with E-state index in [1.165, 1.54) is 44.5 Å². The molecular weight excluding hydrogens is 468 g/mol. The van der Waals surface area contributed by atoms with Gasteiger partial charge < -0.3 is 10.1 Å². The van der Waals surface area contributed by atoms with Crippen molar-refractivity contribution in [3.05, 3.63) is 90.0 Å². The number of ether oxygens (including phenoxy) is 1. The van der Waals surface area contributed by atoms with Crippen molar-refractivity contribution < 1.29 is 22.7 Å². The number of anilines is 1. The van der Waals surface area contributed by atoms with E-state index in [0.29, 0.717) is 23.6 Å². The molecule has 0 aliphatic carbocycles. The molecule has 0 aliphatic heterocycles. The lowest BCUT2D eigenvalue weighted by Gasteiger charge is -2.16. The Labute approximate surface area is 204 Å². The van der Waals surface area contributed by atoms with Gasteiger partial charge in [0, 0.05) is 19.7 Å². The van der Waals surface area contributed by atoms with E-state index < -0.39 is 22.5 Å². The SMILES string of the molecule is CC(=O)Nc1ccc(S(=O)(=O)N(C)CC(=O)N/N=C\c2cccc(OCc3ccccc3)c2)cc1. The van der Waals surface area contributed by atoms with Crippen molar-refractivity contribution in [2.75, 3.05) is 18.9 Å². The van der Waals surface area contributed by atoms with E-state index in [2.05, 4.69) is 15.8 Å². The third kappa shape index (κ3) is 7.76. The highest BCUT2D eigenvalue weighted by molar-refractivity contribution is 7.89. The van der Waals surface area contributed by atoms with Crippen LogP contribution in [0.5, 0.6) is 5.75 Å². The van der Waals surface area contributed by atoms with Gasteiger partial charge in [-0.05, 0) is 47.5 Å². The fraction of sp³-hybridized carbons (Fsp3) is 0.160. The summed E-state index contributed by atoms with van der Waals surface area (Å²) in [5.41, 5.74) is 4.55. The molecule has 182 valence electrons. The molecule has 3 aromatic rings. The zero-order valence-corrected chi connectivity index (χ0v) is 20.2. The van der Waals surface area contributed by atoms with Gasteiger partial charge in [0.05, 0.1) is 17.7 Å². The van der Waals surface area contributed by atoms with E-state index >= 15 is 0 Å². The van der Waals surface area contributed by atoms with Crippen LogP contribution in [0.15, 0.2) is 88.9 Å². The highest BCUT2D eigenvalue weighted by atomic mass is 32.2. The Hall–Kier alpha value is -4.02. The molecule has 0 aliphatic rings. The number of benzene rings is 3. The van der Waals surface area contributed by atoms with Crippen LogP contribution in [0.1, 0.15) is 18.1 Å². The number of hydrazone groups is 1. The minimum atomic E-state index is -3.90. The highest BCUT2D eigenvalue weighted by Crippen LogP contribution is 2.17. The molecule has 0 saturated carbocycles. The minimum absolute atomic E-state index is 0.00211. The number of hydrogen-bond acceptors (Lipinski definition) is 6. The van der Waals surface area contributed by atoms with E-state index in [-0.39, 0.29) is 10.8 Å². The van der Waals surface area contributed by atoms with Crippen LogP contribution in [0, 0.1) is 0 Å². The summed E-state index contributed by atoms with van der Waals surface area (Å²) in [6.07, 6.45) is 1.45. The van der Waals surface area contributed by atoms with Gasteiger partial charge in [0.25, 0.3) is 5.91 Å². The lowest BCUT2D eigenvalue weighted by Crippen LogP contribution is -2.36. The molecule has 3 aromatic carbocycles. The topological polar surface area (TPSA) is 117 Å². The van der Waals surface area contributed by atoms with Crippen molar-refractivity contribution in [2.24, 2.45) is 5.10 Å². The van der Waals surface area contributed by atoms with Gasteiger partial charge in [-0.25, -0.2) is 13.8 Å². The number of hydrogen-bond donors (Lipinski definition) is 2. The molecule has 10 heteroatoms. The van der Waals surface area contributed by atoms with Crippen molar-refractivity contribution in [1.82, 2.24) is 9.73 Å². The van der Waals surface area contributed by atoms with Crippen molar-refractivity contribution in [1.29, 1.82) is 0 Å². The fourth-order valence-corrected chi connectivity index (χ4v) is 4.15. The third-order valence-electron chi connectivity index (χ3n) is 4.76. The van der Waals surface area contributed by atoms with Crippen LogP contribution in [-0.2, 0) is 26.2 Å². The molecule has 0 heterocycles. The van der Waals surface area contributed by atoms with Crippen molar-refractivity contribution in [3.8, 4) is 5.75 Å². The van der Waals surface area contributed by atoms with Crippen LogP contribution in [0.25, 0.3) is 0 Å². The van der Waals surface area contributed by atoms with Gasteiger partial charge in [-0.3, -0.25) is 9.59 Å². The van der Waals surface area contributed by atoms with Gasteiger partial charge in [0.2, 0.25) is 15.9 Å². The summed E-state index contributed by atoms with van der Waals surface area (Å²) in [7, 11) is -2.60. The molecule has 0 atom stereocenters. The zero-order valence-electron chi connectivity index (χ0n) is 19.3. The van der Waals surface area contributed by atoms with Crippen LogP contribution in [0.4, 0.5) is 5.69 Å². The van der Waals surface area contributed by atoms with E-state index in [0.717, 1.165) is 9.87 Å². The van der Waals surface area contributed by atoms with Gasteiger partial charge >= 0.3 is 0 Å². The average Bonchev–Trinajstić information content (AvgIpc) is 2.83. The number of amides is 2. The average molecular weight is 495 g/mol. The zero-order chi connectivity index (χ0) is 25.3. The highest BCUT2D eigenvalue weighted by Gasteiger charge is 2.22. The van der Waals surface area contributed by atoms with Crippen molar-refractivity contribution in [2.45, 2.75) is 18.4 Å². The summed E-state index contributed by atoms with van der Waals surface area (Å²) >= 11 is 0. The Bertz CT molecular complexity index is 1290. The maximum atomic E-state index is 12.7. The van der Waals surface area contributed by atoms with Crippen LogP contribution in [0.2, 0.25) is 0 Å². The monoisotopic (exact) mass is 494 g/mol. The summed E-state index contributed by atoms with van der Waals surface area (Å²) < 4.78 is 32.1. The number of likely N-dealkylation sites (N-methyl/N-ethyl adjacent to an activating group) is 1. The quantitative estimate of drug-likeness (QED) is 0.332. The molecule has 0 saturated heterocycles. The van der Waals surface area contributed by atoms with Gasteiger partial charge in [-0.1, -0.05) is 42.5 Å². The second kappa shape index (κ2) is 11.9. The molecule has 0 unspecified atom stereocenters. The normalized spacial score (nSPS) is 11.4. The molecule has 2 amide bonds. The number of nitrogens with zero attached hydrogens (tertiary/aromatic N) is 2. The third-order valence-corrected chi connectivity index (χ3v) is 6.58. The lowest BCUT2D eigenvalue weighted by molar-refractivity contribution is -0.121. The molecule has 0 bridgehead atoms. The Kier molecular flexibility index (Phi) is 8.71. The van der Waals surface area contributed by atoms with Gasteiger partial charge in [0.1, 0.15) is 12.4 Å². The molecule has 0 aromatic heterocycles. The fourth-order valence-electron chi connectivity index (χ4n) is 3.02. The molecule has 9 nitrogen and oxygen atoms in total. The van der Waals surface area contributed by atoms with E-state index in [4.69, 9.17) is 4.74 Å². The number of carbonyl (C=O) groups excluding carboxylic acids is 2. The lowest BCUT2D eigenvalue weighted by atomic mass is 10.2. The number of carbonyl (C=O) groups is 2. The van der Waals surface area contributed by atoms with Gasteiger partial charge in [-0.2, -0.15) is 9.41 Å². The minimum Gasteiger partial charge on any atom is -0.489 e. The molecule has 3 rings (SSSR count). The molecule has 0 spiro atoms. The summed E-state index contributed by atoms with van der Waals surface area (Å²) in [5.74, 6) is -0.209. The second-order valence-corrected chi connectivity index (χ2v) is 9.65. The van der Waals surface area contributed by atoms with Crippen LogP contribution in [-0.4, -0.2) is 44.3 Å².